The van der Waals surface area contributed by atoms with Crippen molar-refractivity contribution >= 4 is 43.9 Å². The zero-order valence-electron chi connectivity index (χ0n) is 17.2. The number of aromatic nitrogens is 3. The Morgan fingerprint density at radius 1 is 1.03 bits per heavy atom. The number of aryl methyl sites for hydroxylation is 3. The van der Waals surface area contributed by atoms with E-state index in [0.717, 1.165) is 32.7 Å². The Labute approximate surface area is 181 Å². The number of amides is 1. The minimum Gasteiger partial charge on any atom is -0.493 e. The van der Waals surface area contributed by atoms with Gasteiger partial charge in [0.1, 0.15) is 10.7 Å². The average Bonchev–Trinajstić information content (AvgIpc) is 3.31. The fraction of sp³-hybridized carbons (Fsp3) is 0.238. The lowest BCUT2D eigenvalue weighted by Gasteiger charge is -2.08. The van der Waals surface area contributed by atoms with Gasteiger partial charge in [0.25, 0.3) is 5.91 Å². The average molecular weight is 441 g/mol. The summed E-state index contributed by atoms with van der Waals surface area (Å²) in [5, 5.41) is 6.28. The normalized spacial score (nSPS) is 11.0. The van der Waals surface area contributed by atoms with E-state index < -0.39 is 0 Å². The second-order valence-electron chi connectivity index (χ2n) is 6.65. The van der Waals surface area contributed by atoms with Crippen molar-refractivity contribution in [3.05, 3.63) is 45.5 Å². The van der Waals surface area contributed by atoms with E-state index in [4.69, 9.17) is 9.47 Å². The standard InChI is InChI=1S/C21H20N4O3S2/c1-10-17-11(2)22-12(3)23-20(17)30-18(10)19(26)25-21-24-14(9-29-21)13-6-7-15(27-4)16(8-13)28-5/h6-9H,1-5H3,(H,24,25,26). The molecule has 0 radical (unpaired) electrons. The number of methoxy groups -OCH3 is 2. The minimum absolute atomic E-state index is 0.194. The molecule has 3 heterocycles. The lowest BCUT2D eigenvalue weighted by Crippen LogP contribution is -2.11. The maximum atomic E-state index is 12.9. The van der Waals surface area contributed by atoms with Crippen LogP contribution in [0.1, 0.15) is 26.8 Å². The number of thiazole rings is 1. The molecule has 1 N–H and O–H groups in total. The van der Waals surface area contributed by atoms with Crippen LogP contribution < -0.4 is 14.8 Å². The Kier molecular flexibility index (Phi) is 5.40. The van der Waals surface area contributed by atoms with E-state index in [1.54, 1.807) is 14.2 Å². The van der Waals surface area contributed by atoms with Crippen LogP contribution in [0.15, 0.2) is 23.6 Å². The van der Waals surface area contributed by atoms with Crippen LogP contribution in [0, 0.1) is 20.8 Å². The van der Waals surface area contributed by atoms with Crippen molar-refractivity contribution in [1.29, 1.82) is 0 Å². The number of nitrogens with one attached hydrogen (secondary N) is 1. The highest BCUT2D eigenvalue weighted by molar-refractivity contribution is 7.21. The number of anilines is 1. The molecule has 7 nitrogen and oxygen atoms in total. The van der Waals surface area contributed by atoms with Crippen LogP contribution in [0.3, 0.4) is 0 Å². The molecule has 1 amide bonds. The Bertz CT molecular complexity index is 1260. The van der Waals surface area contributed by atoms with Crippen molar-refractivity contribution in [2.45, 2.75) is 20.8 Å². The highest BCUT2D eigenvalue weighted by Gasteiger charge is 2.20. The van der Waals surface area contributed by atoms with Crippen molar-refractivity contribution in [2.75, 3.05) is 19.5 Å². The molecule has 154 valence electrons. The summed E-state index contributed by atoms with van der Waals surface area (Å²) in [5.41, 5.74) is 3.41. The molecule has 1 aromatic carbocycles. The van der Waals surface area contributed by atoms with E-state index in [1.807, 2.05) is 44.4 Å². The second kappa shape index (κ2) is 8.00. The van der Waals surface area contributed by atoms with Crippen LogP contribution in [0.25, 0.3) is 21.5 Å². The van der Waals surface area contributed by atoms with Gasteiger partial charge in [-0.2, -0.15) is 0 Å². The number of thiophene rings is 1. The Hall–Kier alpha value is -3.04. The first-order chi connectivity index (χ1) is 14.4. The van der Waals surface area contributed by atoms with Crippen molar-refractivity contribution in [3.8, 4) is 22.8 Å². The van der Waals surface area contributed by atoms with Gasteiger partial charge in [0.05, 0.1) is 24.8 Å². The molecule has 9 heteroatoms. The van der Waals surface area contributed by atoms with Gasteiger partial charge in [0.2, 0.25) is 0 Å². The van der Waals surface area contributed by atoms with Gasteiger partial charge in [-0.05, 0) is 44.5 Å². The van der Waals surface area contributed by atoms with Gasteiger partial charge in [-0.25, -0.2) is 15.0 Å². The van der Waals surface area contributed by atoms with Crippen LogP contribution in [-0.4, -0.2) is 35.1 Å². The topological polar surface area (TPSA) is 86.2 Å². The van der Waals surface area contributed by atoms with Crippen LogP contribution in [0.4, 0.5) is 5.13 Å². The predicted octanol–water partition coefficient (Wildman–Crippen LogP) is 5.01. The van der Waals surface area contributed by atoms with Crippen LogP contribution in [0.5, 0.6) is 11.5 Å². The quantitative estimate of drug-likeness (QED) is 0.469. The molecule has 0 saturated heterocycles. The third kappa shape index (κ3) is 3.61. The first kappa shape index (κ1) is 20.2. The molecule has 3 aromatic heterocycles. The van der Waals surface area contributed by atoms with E-state index in [-0.39, 0.29) is 5.91 Å². The van der Waals surface area contributed by atoms with Gasteiger partial charge < -0.3 is 9.47 Å². The molecule has 4 rings (SSSR count). The Balaban J connectivity index is 1.60. The molecule has 0 unspecified atom stereocenters. The van der Waals surface area contributed by atoms with Gasteiger partial charge in [-0.3, -0.25) is 10.1 Å². The monoisotopic (exact) mass is 440 g/mol. The summed E-state index contributed by atoms with van der Waals surface area (Å²) in [6.07, 6.45) is 0. The molecule has 0 aliphatic rings. The van der Waals surface area contributed by atoms with Crippen molar-refractivity contribution in [1.82, 2.24) is 15.0 Å². The molecule has 0 aliphatic carbocycles. The molecule has 0 fully saturated rings. The number of rotatable bonds is 5. The molecule has 0 bridgehead atoms. The first-order valence-corrected chi connectivity index (χ1v) is 10.8. The van der Waals surface area contributed by atoms with E-state index >= 15 is 0 Å². The van der Waals surface area contributed by atoms with Crippen molar-refractivity contribution < 1.29 is 14.3 Å². The largest absolute Gasteiger partial charge is 0.493 e. The molecule has 0 aliphatic heterocycles. The van der Waals surface area contributed by atoms with E-state index in [0.29, 0.717) is 27.3 Å². The molecule has 0 saturated carbocycles. The second-order valence-corrected chi connectivity index (χ2v) is 8.51. The summed E-state index contributed by atoms with van der Waals surface area (Å²) in [4.78, 5) is 27.8. The highest BCUT2D eigenvalue weighted by Crippen LogP contribution is 2.35. The number of fused-ring (bicyclic) bond motifs is 1. The molecular formula is C21H20N4O3S2. The summed E-state index contributed by atoms with van der Waals surface area (Å²) in [6.45, 7) is 5.72. The summed E-state index contributed by atoms with van der Waals surface area (Å²) < 4.78 is 10.6. The number of nitrogens with zero attached hydrogens (tertiary/aromatic N) is 3. The number of carbonyl (C=O) groups is 1. The molecule has 4 aromatic rings. The first-order valence-electron chi connectivity index (χ1n) is 9.15. The van der Waals surface area contributed by atoms with E-state index in [2.05, 4.69) is 20.3 Å². The summed E-state index contributed by atoms with van der Waals surface area (Å²) in [5.74, 6) is 1.79. The predicted molar refractivity (Wildman–Crippen MR) is 120 cm³/mol. The fourth-order valence-corrected chi connectivity index (χ4v) is 5.19. The van der Waals surface area contributed by atoms with Gasteiger partial charge >= 0.3 is 0 Å². The lowest BCUT2D eigenvalue weighted by molar-refractivity contribution is 0.103. The zero-order valence-corrected chi connectivity index (χ0v) is 18.8. The van der Waals surface area contributed by atoms with Gasteiger partial charge in [0, 0.05) is 22.0 Å². The summed E-state index contributed by atoms with van der Waals surface area (Å²) in [7, 11) is 3.19. The summed E-state index contributed by atoms with van der Waals surface area (Å²) >= 11 is 2.75. The van der Waals surface area contributed by atoms with Crippen molar-refractivity contribution in [2.24, 2.45) is 0 Å². The van der Waals surface area contributed by atoms with Gasteiger partial charge in [0.15, 0.2) is 16.6 Å². The third-order valence-corrected chi connectivity index (χ3v) is 6.64. The third-order valence-electron chi connectivity index (χ3n) is 4.69. The Morgan fingerprint density at radius 3 is 2.53 bits per heavy atom. The van der Waals surface area contributed by atoms with Crippen molar-refractivity contribution in [3.63, 3.8) is 0 Å². The SMILES string of the molecule is COc1ccc(-c2csc(NC(=O)c3sc4nc(C)nc(C)c4c3C)n2)cc1OC. The molecule has 30 heavy (non-hydrogen) atoms. The lowest BCUT2D eigenvalue weighted by atomic mass is 10.1. The van der Waals surface area contributed by atoms with Crippen LogP contribution in [-0.2, 0) is 0 Å². The van der Waals surface area contributed by atoms with Crippen LogP contribution in [0.2, 0.25) is 0 Å². The van der Waals surface area contributed by atoms with Gasteiger partial charge in [-0.15, -0.1) is 22.7 Å². The number of ether oxygens (including phenoxy) is 2. The smallest absolute Gasteiger partial charge is 0.267 e. The van der Waals surface area contributed by atoms with Gasteiger partial charge in [-0.1, -0.05) is 0 Å². The summed E-state index contributed by atoms with van der Waals surface area (Å²) in [6, 6.07) is 5.60. The number of carbonyl (C=O) groups excluding carboxylic acids is 1. The number of hydrogen-bond acceptors (Lipinski definition) is 8. The number of hydrogen-bond donors (Lipinski definition) is 1. The maximum absolute atomic E-state index is 12.9. The fourth-order valence-electron chi connectivity index (χ4n) is 3.30. The van der Waals surface area contributed by atoms with Crippen LogP contribution >= 0.6 is 22.7 Å². The number of benzene rings is 1. The minimum atomic E-state index is -0.194. The van der Waals surface area contributed by atoms with E-state index in [9.17, 15) is 4.79 Å². The molecular weight excluding hydrogens is 420 g/mol. The maximum Gasteiger partial charge on any atom is 0.267 e. The molecule has 0 atom stereocenters. The Morgan fingerprint density at radius 2 is 1.80 bits per heavy atom. The zero-order chi connectivity index (χ0) is 21.4. The highest BCUT2D eigenvalue weighted by atomic mass is 32.1. The molecule has 0 spiro atoms. The van der Waals surface area contributed by atoms with E-state index in [1.165, 1.54) is 22.7 Å².